The summed E-state index contributed by atoms with van der Waals surface area (Å²) >= 11 is 0. The summed E-state index contributed by atoms with van der Waals surface area (Å²) in [5.41, 5.74) is 9.04. The van der Waals surface area contributed by atoms with Crippen LogP contribution in [-0.2, 0) is 0 Å². The van der Waals surface area contributed by atoms with Crippen molar-refractivity contribution in [1.29, 1.82) is 0 Å². The van der Waals surface area contributed by atoms with Crippen LogP contribution in [0.4, 0.5) is 11.4 Å². The first kappa shape index (κ1) is 10.9. The van der Waals surface area contributed by atoms with Crippen molar-refractivity contribution in [2.75, 3.05) is 17.7 Å². The first-order chi connectivity index (χ1) is 6.56. The number of nitrogens with two attached hydrogens (primary N) is 1. The van der Waals surface area contributed by atoms with Crippen molar-refractivity contribution >= 4 is 11.4 Å². The monoisotopic (exact) mass is 192 g/mol. The highest BCUT2D eigenvalue weighted by Gasteiger charge is 2.08. The zero-order chi connectivity index (χ0) is 10.7. The number of anilines is 2. The molecule has 2 nitrogen and oxygen atoms in total. The van der Waals surface area contributed by atoms with Gasteiger partial charge in [-0.05, 0) is 44.0 Å². The Morgan fingerprint density at radius 2 is 2.07 bits per heavy atom. The molecule has 1 aromatic carbocycles. The van der Waals surface area contributed by atoms with Crippen LogP contribution in [0.1, 0.15) is 25.8 Å². The van der Waals surface area contributed by atoms with Gasteiger partial charge in [-0.3, -0.25) is 0 Å². The van der Waals surface area contributed by atoms with Crippen LogP contribution in [-0.4, -0.2) is 13.1 Å². The summed E-state index contributed by atoms with van der Waals surface area (Å²) < 4.78 is 0. The predicted octanol–water partition coefficient (Wildman–Crippen LogP) is 2.81. The van der Waals surface area contributed by atoms with Crippen molar-refractivity contribution in [3.05, 3.63) is 23.8 Å². The third kappa shape index (κ3) is 2.19. The highest BCUT2D eigenvalue weighted by atomic mass is 15.1. The number of hydrogen-bond acceptors (Lipinski definition) is 2. The highest BCUT2D eigenvalue weighted by Crippen LogP contribution is 2.21. The predicted molar refractivity (Wildman–Crippen MR) is 63.7 cm³/mol. The molecule has 1 atom stereocenters. The molecule has 14 heavy (non-hydrogen) atoms. The van der Waals surface area contributed by atoms with Crippen LogP contribution >= 0.6 is 0 Å². The van der Waals surface area contributed by atoms with Crippen molar-refractivity contribution in [3.63, 3.8) is 0 Å². The zero-order valence-electron chi connectivity index (χ0n) is 9.54. The third-order valence-electron chi connectivity index (χ3n) is 2.91. The second kappa shape index (κ2) is 4.36. The number of hydrogen-bond donors (Lipinski definition) is 1. The number of rotatable bonds is 3. The minimum atomic E-state index is 0.568. The maximum absolute atomic E-state index is 5.78. The number of nitrogen functional groups attached to an aromatic ring is 1. The van der Waals surface area contributed by atoms with Gasteiger partial charge in [0.2, 0.25) is 0 Å². The van der Waals surface area contributed by atoms with Gasteiger partial charge in [-0.1, -0.05) is 6.92 Å². The molecule has 0 fully saturated rings. The Balaban J connectivity index is 2.91. The van der Waals surface area contributed by atoms with E-state index >= 15 is 0 Å². The minimum absolute atomic E-state index is 0.568. The van der Waals surface area contributed by atoms with Crippen LogP contribution in [0.5, 0.6) is 0 Å². The first-order valence-electron chi connectivity index (χ1n) is 5.15. The van der Waals surface area contributed by atoms with E-state index < -0.39 is 0 Å². The molecule has 1 unspecified atom stereocenters. The standard InChI is InChI=1S/C12H20N2/c1-5-10(3)14(4)11-6-7-12(13)9(2)8-11/h6-8,10H,5,13H2,1-4H3. The summed E-state index contributed by atoms with van der Waals surface area (Å²) in [4.78, 5) is 2.28. The molecule has 0 saturated heterocycles. The number of nitrogens with zero attached hydrogens (tertiary/aromatic N) is 1. The van der Waals surface area contributed by atoms with Gasteiger partial charge in [0.1, 0.15) is 0 Å². The number of aryl methyl sites for hydroxylation is 1. The van der Waals surface area contributed by atoms with Gasteiger partial charge in [-0.15, -0.1) is 0 Å². The average molecular weight is 192 g/mol. The lowest BCUT2D eigenvalue weighted by Gasteiger charge is -2.26. The SMILES string of the molecule is CCC(C)N(C)c1ccc(N)c(C)c1. The third-order valence-corrected chi connectivity index (χ3v) is 2.91. The molecule has 0 aliphatic heterocycles. The molecule has 2 heteroatoms. The molecule has 0 saturated carbocycles. The normalized spacial score (nSPS) is 12.6. The maximum atomic E-state index is 5.78. The molecule has 78 valence electrons. The fourth-order valence-electron chi connectivity index (χ4n) is 1.41. The fourth-order valence-corrected chi connectivity index (χ4v) is 1.41. The summed E-state index contributed by atoms with van der Waals surface area (Å²) in [7, 11) is 2.12. The van der Waals surface area contributed by atoms with Gasteiger partial charge in [0.05, 0.1) is 0 Å². The highest BCUT2D eigenvalue weighted by molar-refractivity contribution is 5.58. The molecule has 0 bridgehead atoms. The Morgan fingerprint density at radius 3 is 2.57 bits per heavy atom. The summed E-state index contributed by atoms with van der Waals surface area (Å²) in [5.74, 6) is 0. The summed E-state index contributed by atoms with van der Waals surface area (Å²) in [5, 5.41) is 0. The van der Waals surface area contributed by atoms with E-state index in [0.717, 1.165) is 17.7 Å². The Bertz CT molecular complexity index is 307. The molecule has 1 rings (SSSR count). The van der Waals surface area contributed by atoms with Crippen LogP contribution in [0.25, 0.3) is 0 Å². The molecular formula is C12H20N2. The summed E-state index contributed by atoms with van der Waals surface area (Å²) in [6.45, 7) is 6.47. The zero-order valence-corrected chi connectivity index (χ0v) is 9.54. The Morgan fingerprint density at radius 1 is 1.43 bits per heavy atom. The second-order valence-electron chi connectivity index (χ2n) is 3.91. The van der Waals surface area contributed by atoms with E-state index in [1.807, 2.05) is 13.0 Å². The molecule has 0 aliphatic carbocycles. The molecule has 0 aliphatic rings. The molecular weight excluding hydrogens is 172 g/mol. The quantitative estimate of drug-likeness (QED) is 0.746. The average Bonchev–Trinajstić information content (AvgIpc) is 2.20. The lowest BCUT2D eigenvalue weighted by atomic mass is 10.1. The van der Waals surface area contributed by atoms with Gasteiger partial charge in [0.15, 0.2) is 0 Å². The van der Waals surface area contributed by atoms with Crippen LogP contribution < -0.4 is 10.6 Å². The summed E-state index contributed by atoms with van der Waals surface area (Å²) in [6, 6.07) is 6.76. The van der Waals surface area contributed by atoms with Crippen molar-refractivity contribution in [2.45, 2.75) is 33.2 Å². The Labute approximate surface area is 86.7 Å². The van der Waals surface area contributed by atoms with Crippen LogP contribution in [0.2, 0.25) is 0 Å². The van der Waals surface area contributed by atoms with Crippen LogP contribution in [0.15, 0.2) is 18.2 Å². The Hall–Kier alpha value is -1.18. The maximum Gasteiger partial charge on any atom is 0.0370 e. The second-order valence-corrected chi connectivity index (χ2v) is 3.91. The van der Waals surface area contributed by atoms with E-state index in [0.29, 0.717) is 6.04 Å². The molecule has 0 radical (unpaired) electrons. The fraction of sp³-hybridized carbons (Fsp3) is 0.500. The largest absolute Gasteiger partial charge is 0.399 e. The molecule has 0 aromatic heterocycles. The molecule has 1 aromatic rings. The molecule has 0 amide bonds. The van der Waals surface area contributed by atoms with Crippen molar-refractivity contribution in [3.8, 4) is 0 Å². The summed E-state index contributed by atoms with van der Waals surface area (Å²) in [6.07, 6.45) is 1.15. The molecule has 2 N–H and O–H groups in total. The van der Waals surface area contributed by atoms with E-state index in [-0.39, 0.29) is 0 Å². The van der Waals surface area contributed by atoms with E-state index in [4.69, 9.17) is 5.73 Å². The van der Waals surface area contributed by atoms with Crippen molar-refractivity contribution in [1.82, 2.24) is 0 Å². The molecule has 0 spiro atoms. The van der Waals surface area contributed by atoms with Gasteiger partial charge >= 0.3 is 0 Å². The van der Waals surface area contributed by atoms with Crippen molar-refractivity contribution < 1.29 is 0 Å². The molecule has 0 heterocycles. The van der Waals surface area contributed by atoms with E-state index in [2.05, 4.69) is 37.9 Å². The topological polar surface area (TPSA) is 29.3 Å². The van der Waals surface area contributed by atoms with Crippen LogP contribution in [0, 0.1) is 6.92 Å². The van der Waals surface area contributed by atoms with Crippen molar-refractivity contribution in [2.24, 2.45) is 0 Å². The lowest BCUT2D eigenvalue weighted by molar-refractivity contribution is 0.664. The van der Waals surface area contributed by atoms with Gasteiger partial charge in [-0.2, -0.15) is 0 Å². The van der Waals surface area contributed by atoms with Crippen LogP contribution in [0.3, 0.4) is 0 Å². The smallest absolute Gasteiger partial charge is 0.0370 e. The van der Waals surface area contributed by atoms with Gasteiger partial charge < -0.3 is 10.6 Å². The number of benzene rings is 1. The van der Waals surface area contributed by atoms with E-state index in [1.165, 1.54) is 5.69 Å². The van der Waals surface area contributed by atoms with Gasteiger partial charge in [0.25, 0.3) is 0 Å². The Kier molecular flexibility index (Phi) is 3.39. The van der Waals surface area contributed by atoms with Gasteiger partial charge in [-0.25, -0.2) is 0 Å². The van der Waals surface area contributed by atoms with Gasteiger partial charge in [0, 0.05) is 24.5 Å². The van der Waals surface area contributed by atoms with E-state index in [9.17, 15) is 0 Å². The van der Waals surface area contributed by atoms with E-state index in [1.54, 1.807) is 0 Å². The minimum Gasteiger partial charge on any atom is -0.399 e. The lowest BCUT2D eigenvalue weighted by Crippen LogP contribution is -2.27. The first-order valence-corrected chi connectivity index (χ1v) is 5.15.